The molecule has 0 bridgehead atoms. The number of halogens is 1. The van der Waals surface area contributed by atoms with E-state index in [1.165, 1.54) is 0 Å². The van der Waals surface area contributed by atoms with Crippen molar-refractivity contribution in [2.45, 2.75) is 0 Å². The molecule has 3 aromatic carbocycles. The fourth-order valence-corrected chi connectivity index (χ4v) is 2.55. The third-order valence-electron chi connectivity index (χ3n) is 3.57. The summed E-state index contributed by atoms with van der Waals surface area (Å²) in [5.41, 5.74) is 2.17. The predicted octanol–water partition coefficient (Wildman–Crippen LogP) is 4.95. The average Bonchev–Trinajstić information content (AvgIpc) is 2.64. The minimum absolute atomic E-state index is 0.231. The van der Waals surface area contributed by atoms with Crippen molar-refractivity contribution in [2.24, 2.45) is 0 Å². The Balaban J connectivity index is 1.78. The first-order chi connectivity index (χ1) is 12.1. The van der Waals surface area contributed by atoms with Crippen molar-refractivity contribution < 1.29 is 9.59 Å². The predicted molar refractivity (Wildman–Crippen MR) is 103 cm³/mol. The third-order valence-corrected chi connectivity index (χ3v) is 4.09. The fourth-order valence-electron chi connectivity index (χ4n) is 2.28. The number of hydrogen-bond donors (Lipinski definition) is 2. The molecular weight excluding hydrogens is 380 g/mol. The summed E-state index contributed by atoms with van der Waals surface area (Å²) in [6.45, 7) is 0. The first-order valence-electron chi connectivity index (χ1n) is 7.66. The number of hydrogen-bond acceptors (Lipinski definition) is 2. The van der Waals surface area contributed by atoms with Crippen molar-refractivity contribution >= 4 is 39.1 Å². The normalized spacial score (nSPS) is 10.1. The summed E-state index contributed by atoms with van der Waals surface area (Å²) in [5, 5.41) is 5.67. The van der Waals surface area contributed by atoms with Gasteiger partial charge in [0.2, 0.25) is 0 Å². The Labute approximate surface area is 154 Å². The van der Waals surface area contributed by atoms with E-state index < -0.39 is 0 Å². The molecule has 0 atom stereocenters. The molecule has 25 heavy (non-hydrogen) atoms. The molecule has 0 saturated carbocycles. The Morgan fingerprint density at radius 1 is 0.600 bits per heavy atom. The highest BCUT2D eigenvalue weighted by Crippen LogP contribution is 2.23. The van der Waals surface area contributed by atoms with E-state index in [1.807, 2.05) is 6.07 Å². The molecule has 4 nitrogen and oxygen atoms in total. The summed E-state index contributed by atoms with van der Waals surface area (Å²) in [7, 11) is 0. The smallest absolute Gasteiger partial charge is 0.255 e. The maximum atomic E-state index is 12.4. The second kappa shape index (κ2) is 7.77. The Bertz CT molecular complexity index is 893. The molecule has 3 rings (SSSR count). The van der Waals surface area contributed by atoms with Crippen LogP contribution in [0.5, 0.6) is 0 Å². The lowest BCUT2D eigenvalue weighted by atomic mass is 10.2. The highest BCUT2D eigenvalue weighted by Gasteiger charge is 2.11. The summed E-state index contributed by atoms with van der Waals surface area (Å²) >= 11 is 3.34. The van der Waals surface area contributed by atoms with E-state index in [1.54, 1.807) is 72.8 Å². The van der Waals surface area contributed by atoms with Crippen molar-refractivity contribution in [2.75, 3.05) is 10.6 Å². The molecule has 0 saturated heterocycles. The van der Waals surface area contributed by atoms with E-state index in [-0.39, 0.29) is 11.8 Å². The van der Waals surface area contributed by atoms with Crippen LogP contribution in [0.1, 0.15) is 20.7 Å². The summed E-state index contributed by atoms with van der Waals surface area (Å²) < 4.78 is 0.902. The minimum atomic E-state index is -0.242. The average molecular weight is 395 g/mol. The van der Waals surface area contributed by atoms with Crippen LogP contribution in [0.4, 0.5) is 11.4 Å². The molecule has 0 aliphatic carbocycles. The van der Waals surface area contributed by atoms with Gasteiger partial charge in [-0.3, -0.25) is 9.59 Å². The zero-order valence-electron chi connectivity index (χ0n) is 13.2. The van der Waals surface area contributed by atoms with Crippen molar-refractivity contribution in [3.63, 3.8) is 0 Å². The number of anilines is 2. The van der Waals surface area contributed by atoms with Crippen LogP contribution >= 0.6 is 15.9 Å². The highest BCUT2D eigenvalue weighted by atomic mass is 79.9. The van der Waals surface area contributed by atoms with E-state index in [9.17, 15) is 9.59 Å². The van der Waals surface area contributed by atoms with Crippen LogP contribution in [0.25, 0.3) is 0 Å². The number of nitrogens with one attached hydrogen (secondary N) is 2. The Hall–Kier alpha value is -2.92. The second-order valence-corrected chi connectivity index (χ2v) is 6.24. The van der Waals surface area contributed by atoms with Crippen LogP contribution in [-0.4, -0.2) is 11.8 Å². The standard InChI is InChI=1S/C20H15BrN2O2/c21-16-12-10-15(11-13-16)20(25)23-18-9-5-4-8-17(18)22-19(24)14-6-2-1-3-7-14/h1-13H,(H,22,24)(H,23,25). The largest absolute Gasteiger partial charge is 0.320 e. The van der Waals surface area contributed by atoms with Gasteiger partial charge in [-0.2, -0.15) is 0 Å². The Morgan fingerprint density at radius 2 is 1.04 bits per heavy atom. The lowest BCUT2D eigenvalue weighted by molar-refractivity contribution is 0.101. The molecule has 2 N–H and O–H groups in total. The van der Waals surface area contributed by atoms with Crippen molar-refractivity contribution in [1.29, 1.82) is 0 Å². The van der Waals surface area contributed by atoms with Gasteiger partial charge in [-0.25, -0.2) is 0 Å². The molecular formula is C20H15BrN2O2. The van der Waals surface area contributed by atoms with Gasteiger partial charge in [0.1, 0.15) is 0 Å². The summed E-state index contributed by atoms with van der Waals surface area (Å²) in [4.78, 5) is 24.7. The molecule has 0 radical (unpaired) electrons. The van der Waals surface area contributed by atoms with Crippen LogP contribution < -0.4 is 10.6 Å². The minimum Gasteiger partial charge on any atom is -0.320 e. The summed E-state index contributed by atoms with van der Waals surface area (Å²) in [6.07, 6.45) is 0. The van der Waals surface area contributed by atoms with E-state index >= 15 is 0 Å². The SMILES string of the molecule is O=C(Nc1ccccc1NC(=O)c1ccc(Br)cc1)c1ccccc1. The molecule has 0 aliphatic rings. The Morgan fingerprint density at radius 3 is 1.56 bits per heavy atom. The summed E-state index contributed by atoms with van der Waals surface area (Å²) in [5.74, 6) is -0.472. The quantitative estimate of drug-likeness (QED) is 0.657. The summed E-state index contributed by atoms with van der Waals surface area (Å²) in [6, 6.07) is 23.1. The first-order valence-corrected chi connectivity index (χ1v) is 8.45. The molecule has 124 valence electrons. The van der Waals surface area contributed by atoms with E-state index in [0.717, 1.165) is 4.47 Å². The number of benzene rings is 3. The van der Waals surface area contributed by atoms with Gasteiger partial charge >= 0.3 is 0 Å². The fraction of sp³-hybridized carbons (Fsp3) is 0. The second-order valence-electron chi connectivity index (χ2n) is 5.33. The molecule has 3 aromatic rings. The van der Waals surface area contributed by atoms with E-state index in [2.05, 4.69) is 26.6 Å². The van der Waals surface area contributed by atoms with Gasteiger partial charge in [0.25, 0.3) is 11.8 Å². The molecule has 0 aromatic heterocycles. The monoisotopic (exact) mass is 394 g/mol. The third kappa shape index (κ3) is 4.33. The Kier molecular flexibility index (Phi) is 5.26. The van der Waals surface area contributed by atoms with E-state index in [0.29, 0.717) is 22.5 Å². The van der Waals surface area contributed by atoms with Crippen LogP contribution in [0.3, 0.4) is 0 Å². The van der Waals surface area contributed by atoms with Crippen LogP contribution in [0, 0.1) is 0 Å². The highest BCUT2D eigenvalue weighted by molar-refractivity contribution is 9.10. The van der Waals surface area contributed by atoms with Crippen molar-refractivity contribution in [3.8, 4) is 0 Å². The molecule has 0 unspecified atom stereocenters. The maximum Gasteiger partial charge on any atom is 0.255 e. The van der Waals surface area contributed by atoms with Gasteiger partial charge in [0.15, 0.2) is 0 Å². The van der Waals surface area contributed by atoms with E-state index in [4.69, 9.17) is 0 Å². The van der Waals surface area contributed by atoms with Crippen molar-refractivity contribution in [3.05, 3.63) is 94.5 Å². The number of carbonyl (C=O) groups is 2. The molecule has 0 aliphatic heterocycles. The van der Waals surface area contributed by atoms with Crippen LogP contribution in [-0.2, 0) is 0 Å². The van der Waals surface area contributed by atoms with Gasteiger partial charge in [-0.05, 0) is 48.5 Å². The molecule has 5 heteroatoms. The number of rotatable bonds is 4. The van der Waals surface area contributed by atoms with Crippen LogP contribution in [0.2, 0.25) is 0 Å². The zero-order valence-corrected chi connectivity index (χ0v) is 14.8. The van der Waals surface area contributed by atoms with Gasteiger partial charge in [0.05, 0.1) is 11.4 Å². The number of amides is 2. The zero-order chi connectivity index (χ0) is 17.6. The first kappa shape index (κ1) is 16.9. The number of para-hydroxylation sites is 2. The van der Waals surface area contributed by atoms with Gasteiger partial charge < -0.3 is 10.6 Å². The molecule has 0 spiro atoms. The topological polar surface area (TPSA) is 58.2 Å². The maximum absolute atomic E-state index is 12.4. The van der Waals surface area contributed by atoms with Gasteiger partial charge in [-0.1, -0.05) is 46.3 Å². The van der Waals surface area contributed by atoms with Crippen molar-refractivity contribution in [1.82, 2.24) is 0 Å². The molecule has 2 amide bonds. The van der Waals surface area contributed by atoms with Gasteiger partial charge in [-0.15, -0.1) is 0 Å². The van der Waals surface area contributed by atoms with Crippen LogP contribution in [0.15, 0.2) is 83.3 Å². The molecule has 0 heterocycles. The lowest BCUT2D eigenvalue weighted by Gasteiger charge is -2.12. The molecule has 0 fully saturated rings. The number of carbonyl (C=O) groups excluding carboxylic acids is 2. The van der Waals surface area contributed by atoms with Gasteiger partial charge in [0, 0.05) is 15.6 Å². The lowest BCUT2D eigenvalue weighted by Crippen LogP contribution is -2.16.